The molecule has 2 aromatic carbocycles. The number of anilines is 3. The zero-order valence-corrected chi connectivity index (χ0v) is 15.0. The minimum absolute atomic E-state index is 0.0130. The van der Waals surface area contributed by atoms with E-state index in [2.05, 4.69) is 20.3 Å². The van der Waals surface area contributed by atoms with Crippen molar-refractivity contribution < 1.29 is 4.74 Å². The summed E-state index contributed by atoms with van der Waals surface area (Å²) in [6, 6.07) is 12.1. The van der Waals surface area contributed by atoms with Gasteiger partial charge < -0.3 is 15.8 Å². The summed E-state index contributed by atoms with van der Waals surface area (Å²) in [5, 5.41) is 12.6. The molecule has 0 saturated carbocycles. The minimum atomic E-state index is -0.0196. The van der Waals surface area contributed by atoms with Crippen LogP contribution in [-0.4, -0.2) is 15.0 Å². The van der Waals surface area contributed by atoms with E-state index in [1.165, 1.54) is 0 Å². The van der Waals surface area contributed by atoms with Crippen LogP contribution in [0.15, 0.2) is 36.4 Å². The predicted molar refractivity (Wildman–Crippen MR) is 100.0 cm³/mol. The van der Waals surface area contributed by atoms with E-state index in [0.29, 0.717) is 27.0 Å². The largest absolute Gasteiger partial charge is 0.422 e. The molecule has 3 N–H and O–H groups in total. The maximum absolute atomic E-state index is 8.84. The van der Waals surface area contributed by atoms with E-state index in [1.807, 2.05) is 6.07 Å². The smallest absolute Gasteiger partial charge is 0.328 e. The van der Waals surface area contributed by atoms with Gasteiger partial charge in [0, 0.05) is 10.7 Å². The van der Waals surface area contributed by atoms with E-state index < -0.39 is 0 Å². The molecule has 7 nitrogen and oxygen atoms in total. The van der Waals surface area contributed by atoms with Crippen molar-refractivity contribution in [1.29, 1.82) is 5.26 Å². The Balaban J connectivity index is 1.87. The summed E-state index contributed by atoms with van der Waals surface area (Å²) >= 11 is 12.1. The zero-order chi connectivity index (χ0) is 18.7. The van der Waals surface area contributed by atoms with Crippen LogP contribution in [-0.2, 0) is 0 Å². The second kappa shape index (κ2) is 7.44. The Hall–Kier alpha value is -3.08. The lowest BCUT2D eigenvalue weighted by atomic mass is 10.2. The molecule has 0 aliphatic heterocycles. The molecule has 0 fully saturated rings. The van der Waals surface area contributed by atoms with Gasteiger partial charge in [-0.1, -0.05) is 23.2 Å². The summed E-state index contributed by atoms with van der Waals surface area (Å²) in [7, 11) is 0. The Morgan fingerprint density at radius 2 is 1.85 bits per heavy atom. The Kier molecular flexibility index (Phi) is 5.07. The van der Waals surface area contributed by atoms with Crippen LogP contribution in [0, 0.1) is 18.3 Å². The highest BCUT2D eigenvalue weighted by Crippen LogP contribution is 2.34. The van der Waals surface area contributed by atoms with E-state index in [4.69, 9.17) is 38.9 Å². The number of rotatable bonds is 4. The van der Waals surface area contributed by atoms with Crippen LogP contribution in [0.25, 0.3) is 0 Å². The van der Waals surface area contributed by atoms with Gasteiger partial charge in [-0.3, -0.25) is 0 Å². The molecule has 0 atom stereocenters. The van der Waals surface area contributed by atoms with Crippen LogP contribution in [0.2, 0.25) is 10.0 Å². The van der Waals surface area contributed by atoms with E-state index in [9.17, 15) is 0 Å². The molecule has 1 heterocycles. The maximum Gasteiger partial charge on any atom is 0.328 e. The highest BCUT2D eigenvalue weighted by molar-refractivity contribution is 6.35. The highest BCUT2D eigenvalue weighted by Gasteiger charge is 2.13. The van der Waals surface area contributed by atoms with Gasteiger partial charge in [-0.05, 0) is 48.9 Å². The number of ether oxygens (including phenoxy) is 1. The second-order valence-electron chi connectivity index (χ2n) is 5.25. The summed E-state index contributed by atoms with van der Waals surface area (Å²) < 4.78 is 5.67. The third-order valence-corrected chi connectivity index (χ3v) is 3.79. The fraction of sp³-hybridized carbons (Fsp3) is 0.0588. The molecule has 0 spiro atoms. The molecular formula is C17H12Cl2N6O. The molecule has 9 heteroatoms. The number of aromatic nitrogens is 3. The number of aryl methyl sites for hydroxylation is 1. The monoisotopic (exact) mass is 386 g/mol. The maximum atomic E-state index is 8.84. The van der Waals surface area contributed by atoms with Gasteiger partial charge in [0.15, 0.2) is 5.75 Å². The van der Waals surface area contributed by atoms with Crippen molar-refractivity contribution in [3.63, 3.8) is 0 Å². The molecule has 0 saturated heterocycles. The lowest BCUT2D eigenvalue weighted by Crippen LogP contribution is -2.05. The van der Waals surface area contributed by atoms with Crippen molar-refractivity contribution in [1.82, 2.24) is 15.0 Å². The van der Waals surface area contributed by atoms with Crippen molar-refractivity contribution in [2.75, 3.05) is 11.1 Å². The average molecular weight is 387 g/mol. The van der Waals surface area contributed by atoms with Gasteiger partial charge in [0.2, 0.25) is 11.9 Å². The Morgan fingerprint density at radius 3 is 2.50 bits per heavy atom. The van der Waals surface area contributed by atoms with E-state index >= 15 is 0 Å². The third-order valence-electron chi connectivity index (χ3n) is 3.29. The van der Waals surface area contributed by atoms with Gasteiger partial charge >= 0.3 is 6.01 Å². The number of nitrogens with zero attached hydrogens (tertiary/aromatic N) is 4. The number of hydrogen-bond acceptors (Lipinski definition) is 7. The first-order valence-electron chi connectivity index (χ1n) is 7.37. The number of benzene rings is 2. The first kappa shape index (κ1) is 17.7. The van der Waals surface area contributed by atoms with Gasteiger partial charge in [-0.2, -0.15) is 20.2 Å². The SMILES string of the molecule is Cc1cc(Cl)cc(Cl)c1Oc1nc(N)nc(Nc2ccc(C#N)cc2)n1. The normalized spacial score (nSPS) is 10.2. The molecule has 0 aliphatic rings. The van der Waals surface area contributed by atoms with Gasteiger partial charge in [0.05, 0.1) is 16.7 Å². The van der Waals surface area contributed by atoms with Crippen molar-refractivity contribution in [2.45, 2.75) is 6.92 Å². The van der Waals surface area contributed by atoms with Gasteiger partial charge in [0.25, 0.3) is 0 Å². The van der Waals surface area contributed by atoms with Gasteiger partial charge in [-0.25, -0.2) is 0 Å². The molecule has 130 valence electrons. The minimum Gasteiger partial charge on any atom is -0.422 e. The van der Waals surface area contributed by atoms with Crippen LogP contribution >= 0.6 is 23.2 Å². The van der Waals surface area contributed by atoms with Crippen LogP contribution in [0.4, 0.5) is 17.6 Å². The molecule has 3 rings (SSSR count). The standard InChI is InChI=1S/C17H12Cl2N6O/c1-9-6-11(18)7-13(19)14(9)26-17-24-15(21)23-16(25-17)22-12-4-2-10(8-20)3-5-12/h2-7H,1H3,(H3,21,22,23,24,25). The van der Waals surface area contributed by atoms with Crippen molar-refractivity contribution >= 4 is 40.8 Å². The van der Waals surface area contributed by atoms with Crippen LogP contribution in [0.5, 0.6) is 11.8 Å². The summed E-state index contributed by atoms with van der Waals surface area (Å²) in [6.45, 7) is 1.80. The Morgan fingerprint density at radius 1 is 1.12 bits per heavy atom. The third kappa shape index (κ3) is 4.11. The number of hydrogen-bond donors (Lipinski definition) is 2. The van der Waals surface area contributed by atoms with Crippen molar-refractivity contribution in [3.8, 4) is 17.8 Å². The molecule has 0 unspecified atom stereocenters. The van der Waals surface area contributed by atoms with Crippen LogP contribution in [0.3, 0.4) is 0 Å². The quantitative estimate of drug-likeness (QED) is 0.679. The second-order valence-corrected chi connectivity index (χ2v) is 6.09. The van der Waals surface area contributed by atoms with E-state index in [-0.39, 0.29) is 17.9 Å². The number of nitrogen functional groups attached to an aromatic ring is 1. The fourth-order valence-corrected chi connectivity index (χ4v) is 2.77. The van der Waals surface area contributed by atoms with Gasteiger partial charge in [0.1, 0.15) is 0 Å². The van der Waals surface area contributed by atoms with Crippen molar-refractivity contribution in [3.05, 3.63) is 57.6 Å². The number of halogens is 2. The zero-order valence-electron chi connectivity index (χ0n) is 13.5. The molecule has 0 radical (unpaired) electrons. The summed E-state index contributed by atoms with van der Waals surface area (Å²) in [4.78, 5) is 12.2. The predicted octanol–water partition coefficient (Wildman–Crippen LogP) is 4.48. The molecule has 0 bridgehead atoms. The van der Waals surface area contributed by atoms with E-state index in [0.717, 1.165) is 5.56 Å². The number of nitriles is 1. The average Bonchev–Trinajstić information content (AvgIpc) is 2.58. The summed E-state index contributed by atoms with van der Waals surface area (Å²) in [6.07, 6.45) is 0. The first-order chi connectivity index (χ1) is 12.4. The summed E-state index contributed by atoms with van der Waals surface area (Å²) in [5.41, 5.74) is 7.68. The molecular weight excluding hydrogens is 375 g/mol. The summed E-state index contributed by atoms with van der Waals surface area (Å²) in [5.74, 6) is 0.555. The molecule has 26 heavy (non-hydrogen) atoms. The Bertz CT molecular complexity index is 978. The van der Waals surface area contributed by atoms with Crippen molar-refractivity contribution in [2.24, 2.45) is 0 Å². The van der Waals surface area contributed by atoms with Crippen LogP contribution < -0.4 is 15.8 Å². The van der Waals surface area contributed by atoms with Gasteiger partial charge in [-0.15, -0.1) is 0 Å². The number of nitrogens with two attached hydrogens (primary N) is 1. The first-order valence-corrected chi connectivity index (χ1v) is 8.12. The number of nitrogens with one attached hydrogen (secondary N) is 1. The Labute approximate surface area is 159 Å². The molecule has 3 aromatic rings. The molecule has 1 aromatic heterocycles. The molecule has 0 aliphatic carbocycles. The molecule has 0 amide bonds. The lowest BCUT2D eigenvalue weighted by Gasteiger charge is -2.11. The highest BCUT2D eigenvalue weighted by atomic mass is 35.5. The topological polar surface area (TPSA) is 110 Å². The van der Waals surface area contributed by atoms with E-state index in [1.54, 1.807) is 43.3 Å². The van der Waals surface area contributed by atoms with Crippen LogP contribution in [0.1, 0.15) is 11.1 Å². The fourth-order valence-electron chi connectivity index (χ4n) is 2.14. The lowest BCUT2D eigenvalue weighted by molar-refractivity contribution is 0.439.